The van der Waals surface area contributed by atoms with E-state index in [1.54, 1.807) is 16.2 Å². The lowest BCUT2D eigenvalue weighted by Gasteiger charge is -2.31. The largest absolute Gasteiger partial charge is 0.480 e. The van der Waals surface area contributed by atoms with Gasteiger partial charge in [-0.15, -0.1) is 11.3 Å². The molecule has 29 heavy (non-hydrogen) atoms. The Bertz CT molecular complexity index is 698. The van der Waals surface area contributed by atoms with Crippen LogP contribution in [-0.4, -0.2) is 57.1 Å². The third-order valence-electron chi connectivity index (χ3n) is 5.22. The van der Waals surface area contributed by atoms with Crippen LogP contribution in [0.5, 0.6) is 0 Å². The zero-order chi connectivity index (χ0) is 21.8. The van der Waals surface area contributed by atoms with E-state index in [2.05, 4.69) is 44.9 Å². The Hall–Kier alpha value is -1.67. The van der Waals surface area contributed by atoms with Crippen LogP contribution in [0.1, 0.15) is 65.1 Å². The van der Waals surface area contributed by atoms with E-state index in [4.69, 9.17) is 0 Å². The van der Waals surface area contributed by atoms with Crippen LogP contribution in [0.2, 0.25) is 0 Å². The number of carboxylic acid groups (broad SMARTS) is 1. The van der Waals surface area contributed by atoms with Crippen LogP contribution in [0.4, 0.5) is 4.79 Å². The van der Waals surface area contributed by atoms with Crippen molar-refractivity contribution in [2.75, 3.05) is 13.1 Å². The Morgan fingerprint density at radius 3 is 2.59 bits per heavy atom. The summed E-state index contributed by atoms with van der Waals surface area (Å²) in [7, 11) is 0. The normalized spacial score (nSPS) is 17.3. The molecule has 2 heterocycles. The molecule has 164 valence electrons. The number of hydrogen-bond donors (Lipinski definition) is 2. The fraction of sp³-hybridized carbons (Fsp3) is 0.762. The zero-order valence-electron chi connectivity index (χ0n) is 18.6. The molecular weight excluding hydrogens is 388 g/mol. The molecule has 0 aromatic carbocycles. The lowest BCUT2D eigenvalue weighted by Crippen LogP contribution is -2.47. The SMILES string of the molecule is CC(C)NCc1nc(CN2CCN([C@H](C(=O)O)[C@@H](C)CCC(C)(C)C)C2=O)cs1. The Kier molecular flexibility index (Phi) is 8.05. The number of carboxylic acids is 1. The minimum absolute atomic E-state index is 0.0939. The number of hydrogen-bond acceptors (Lipinski definition) is 5. The molecule has 0 spiro atoms. The van der Waals surface area contributed by atoms with Crippen LogP contribution >= 0.6 is 11.3 Å². The fourth-order valence-corrected chi connectivity index (χ4v) is 4.23. The van der Waals surface area contributed by atoms with Crippen molar-refractivity contribution in [2.24, 2.45) is 11.3 Å². The van der Waals surface area contributed by atoms with Crippen LogP contribution in [0.25, 0.3) is 0 Å². The van der Waals surface area contributed by atoms with E-state index < -0.39 is 12.0 Å². The number of rotatable bonds is 10. The summed E-state index contributed by atoms with van der Waals surface area (Å²) in [6.45, 7) is 14.7. The molecule has 0 bridgehead atoms. The van der Waals surface area contributed by atoms with Gasteiger partial charge >= 0.3 is 12.0 Å². The highest BCUT2D eigenvalue weighted by Gasteiger charge is 2.40. The van der Waals surface area contributed by atoms with E-state index in [1.165, 1.54) is 4.90 Å². The molecule has 0 saturated carbocycles. The maximum Gasteiger partial charge on any atom is 0.326 e. The Balaban J connectivity index is 1.98. The number of nitrogens with one attached hydrogen (secondary N) is 1. The van der Waals surface area contributed by atoms with Crippen LogP contribution in [0.3, 0.4) is 0 Å². The van der Waals surface area contributed by atoms with Crippen LogP contribution < -0.4 is 5.32 Å². The third-order valence-corrected chi connectivity index (χ3v) is 6.12. The van der Waals surface area contributed by atoms with Crippen molar-refractivity contribution in [1.82, 2.24) is 20.1 Å². The molecule has 1 saturated heterocycles. The van der Waals surface area contributed by atoms with E-state index in [1.807, 2.05) is 12.3 Å². The first-order valence-electron chi connectivity index (χ1n) is 10.4. The Labute approximate surface area is 178 Å². The van der Waals surface area contributed by atoms with Gasteiger partial charge in [0, 0.05) is 31.1 Å². The average molecular weight is 425 g/mol. The van der Waals surface area contributed by atoms with Crippen molar-refractivity contribution in [1.29, 1.82) is 0 Å². The van der Waals surface area contributed by atoms with Gasteiger partial charge in [0.05, 0.1) is 12.2 Å². The van der Waals surface area contributed by atoms with Gasteiger partial charge in [-0.05, 0) is 24.2 Å². The molecule has 0 aliphatic carbocycles. The first-order chi connectivity index (χ1) is 13.5. The zero-order valence-corrected chi connectivity index (χ0v) is 19.4. The number of carbonyl (C=O) groups excluding carboxylic acids is 1. The summed E-state index contributed by atoms with van der Waals surface area (Å²) in [5.74, 6) is -1.01. The number of aromatic nitrogens is 1. The minimum atomic E-state index is -0.919. The maximum absolute atomic E-state index is 12.9. The first kappa shape index (κ1) is 23.6. The smallest absolute Gasteiger partial charge is 0.326 e. The third kappa shape index (κ3) is 6.96. The Morgan fingerprint density at radius 1 is 1.31 bits per heavy atom. The predicted molar refractivity (Wildman–Crippen MR) is 116 cm³/mol. The van der Waals surface area contributed by atoms with E-state index in [0.717, 1.165) is 30.1 Å². The lowest BCUT2D eigenvalue weighted by molar-refractivity contribution is -0.143. The van der Waals surface area contributed by atoms with Gasteiger partial charge in [-0.2, -0.15) is 0 Å². The Morgan fingerprint density at radius 2 is 2.00 bits per heavy atom. The van der Waals surface area contributed by atoms with Crippen LogP contribution in [-0.2, 0) is 17.9 Å². The molecule has 1 aromatic heterocycles. The monoisotopic (exact) mass is 424 g/mol. The van der Waals surface area contributed by atoms with Gasteiger partial charge in [-0.1, -0.05) is 41.5 Å². The van der Waals surface area contributed by atoms with Gasteiger partial charge in [0.1, 0.15) is 11.0 Å². The number of nitrogens with zero attached hydrogens (tertiary/aromatic N) is 3. The molecular formula is C21H36N4O3S. The number of carbonyl (C=O) groups is 2. The second-order valence-corrected chi connectivity index (χ2v) is 10.5. The molecule has 0 radical (unpaired) electrons. The molecule has 2 rings (SSSR count). The molecule has 2 amide bonds. The van der Waals surface area contributed by atoms with E-state index in [9.17, 15) is 14.7 Å². The van der Waals surface area contributed by atoms with Gasteiger partial charge in [0.2, 0.25) is 0 Å². The van der Waals surface area contributed by atoms with Gasteiger partial charge in [-0.3, -0.25) is 0 Å². The molecule has 1 aliphatic rings. The van der Waals surface area contributed by atoms with Gasteiger partial charge in [0.15, 0.2) is 0 Å². The van der Waals surface area contributed by atoms with Crippen molar-refractivity contribution in [3.63, 3.8) is 0 Å². The number of thiazole rings is 1. The van der Waals surface area contributed by atoms with Crippen LogP contribution in [0, 0.1) is 11.3 Å². The molecule has 2 atom stereocenters. The molecule has 1 fully saturated rings. The number of amides is 2. The summed E-state index contributed by atoms with van der Waals surface area (Å²) in [6, 6.07) is -0.588. The highest BCUT2D eigenvalue weighted by molar-refractivity contribution is 7.09. The minimum Gasteiger partial charge on any atom is -0.480 e. The standard InChI is InChI=1S/C21H36N4O3S/c1-14(2)22-11-17-23-16(13-29-17)12-24-9-10-25(20(24)28)18(19(26)27)15(3)7-8-21(4,5)6/h13-15,18,22H,7-12H2,1-6H3,(H,26,27)/t15-,18-/m0/s1. The summed E-state index contributed by atoms with van der Waals surface area (Å²) < 4.78 is 0. The second-order valence-electron chi connectivity index (χ2n) is 9.53. The van der Waals surface area contributed by atoms with Crippen molar-refractivity contribution in [3.05, 3.63) is 16.1 Å². The summed E-state index contributed by atoms with van der Waals surface area (Å²) >= 11 is 1.58. The fourth-order valence-electron chi connectivity index (χ4n) is 3.50. The van der Waals surface area contributed by atoms with E-state index >= 15 is 0 Å². The number of urea groups is 1. The summed E-state index contributed by atoms with van der Waals surface area (Å²) in [6.07, 6.45) is 1.71. The average Bonchev–Trinajstić information content (AvgIpc) is 3.19. The van der Waals surface area contributed by atoms with Crippen molar-refractivity contribution < 1.29 is 14.7 Å². The molecule has 0 unspecified atom stereocenters. The predicted octanol–water partition coefficient (Wildman–Crippen LogP) is 3.79. The van der Waals surface area contributed by atoms with Gasteiger partial charge in [0.25, 0.3) is 0 Å². The van der Waals surface area contributed by atoms with E-state index in [-0.39, 0.29) is 17.4 Å². The topological polar surface area (TPSA) is 85.8 Å². The molecule has 2 N–H and O–H groups in total. The molecule has 7 nitrogen and oxygen atoms in total. The lowest BCUT2D eigenvalue weighted by atomic mass is 9.84. The summed E-state index contributed by atoms with van der Waals surface area (Å²) in [5, 5.41) is 16.1. The van der Waals surface area contributed by atoms with Gasteiger partial charge in [-0.25, -0.2) is 14.6 Å². The van der Waals surface area contributed by atoms with Crippen molar-refractivity contribution in [2.45, 2.75) is 79.6 Å². The van der Waals surface area contributed by atoms with Crippen molar-refractivity contribution in [3.8, 4) is 0 Å². The van der Waals surface area contributed by atoms with Gasteiger partial charge < -0.3 is 20.2 Å². The quantitative estimate of drug-likeness (QED) is 0.597. The maximum atomic E-state index is 12.9. The molecule has 1 aromatic rings. The number of aliphatic carboxylic acids is 1. The summed E-state index contributed by atoms with van der Waals surface area (Å²) in [5.41, 5.74) is 1.00. The van der Waals surface area contributed by atoms with Crippen molar-refractivity contribution >= 4 is 23.3 Å². The summed E-state index contributed by atoms with van der Waals surface area (Å²) in [4.78, 5) is 32.7. The highest BCUT2D eigenvalue weighted by atomic mass is 32.1. The van der Waals surface area contributed by atoms with Crippen LogP contribution in [0.15, 0.2) is 5.38 Å². The highest BCUT2D eigenvalue weighted by Crippen LogP contribution is 2.28. The second kappa shape index (κ2) is 9.89. The molecule has 1 aliphatic heterocycles. The van der Waals surface area contributed by atoms with E-state index in [0.29, 0.717) is 25.7 Å². The molecule has 8 heteroatoms. The first-order valence-corrected chi connectivity index (χ1v) is 11.3.